The first kappa shape index (κ1) is 23.9. The van der Waals surface area contributed by atoms with E-state index in [9.17, 15) is 22.1 Å². The third-order valence-electron chi connectivity index (χ3n) is 4.48. The van der Waals surface area contributed by atoms with Crippen molar-refractivity contribution in [1.82, 2.24) is 0 Å². The van der Waals surface area contributed by atoms with Gasteiger partial charge in [0, 0.05) is 13.8 Å². The van der Waals surface area contributed by atoms with Crippen LogP contribution in [-0.4, -0.2) is 16.8 Å². The first-order valence-electron chi connectivity index (χ1n) is 8.88. The van der Waals surface area contributed by atoms with Crippen LogP contribution in [0.1, 0.15) is 22.9 Å². The molecule has 0 bridgehead atoms. The van der Waals surface area contributed by atoms with Crippen molar-refractivity contribution in [1.29, 1.82) is 5.26 Å². The molecule has 3 aromatic rings. The minimum absolute atomic E-state index is 0.0476. The van der Waals surface area contributed by atoms with E-state index >= 15 is 0 Å². The Kier molecular flexibility index (Phi) is 6.98. The summed E-state index contributed by atoms with van der Waals surface area (Å²) in [6, 6.07) is 13.3. The third-order valence-corrected chi connectivity index (χ3v) is 11.1. The first-order chi connectivity index (χ1) is 14.5. The second kappa shape index (κ2) is 9.03. The Bertz CT molecular complexity index is 1300. The van der Waals surface area contributed by atoms with E-state index in [1.165, 1.54) is 48.5 Å². The highest BCUT2D eigenvalue weighted by molar-refractivity contribution is 9.10. The number of hydrogen-bond donors (Lipinski definition) is 0. The quantitative estimate of drug-likeness (QED) is 0.365. The summed E-state index contributed by atoms with van der Waals surface area (Å²) in [5.74, 6) is 0. The minimum atomic E-state index is -4.56. The van der Waals surface area contributed by atoms with Crippen LogP contribution >= 0.6 is 43.2 Å². The Morgan fingerprint density at radius 2 is 1.32 bits per heavy atom. The molecule has 11 heteroatoms. The molecule has 3 rings (SSSR count). The highest BCUT2D eigenvalue weighted by atomic mass is 79.9. The van der Waals surface area contributed by atoms with Crippen LogP contribution in [0.5, 0.6) is 0 Å². The van der Waals surface area contributed by atoms with Gasteiger partial charge in [0.15, 0.2) is 0 Å². The smallest absolute Gasteiger partial charge is 0.200 e. The zero-order valence-corrected chi connectivity index (χ0v) is 22.0. The fourth-order valence-corrected chi connectivity index (χ4v) is 8.84. The van der Waals surface area contributed by atoms with Crippen LogP contribution in [0.15, 0.2) is 67.3 Å². The molecular weight excluding hydrogens is 588 g/mol. The van der Waals surface area contributed by atoms with Gasteiger partial charge in [-0.1, -0.05) is 38.8 Å². The number of sulfonamides is 2. The van der Waals surface area contributed by atoms with Crippen LogP contribution in [0.4, 0.5) is 5.00 Å². The fourth-order valence-electron chi connectivity index (χ4n) is 2.98. The molecule has 0 saturated carbocycles. The number of rotatable bonds is 6. The van der Waals surface area contributed by atoms with Gasteiger partial charge in [-0.25, -0.2) is 0 Å². The number of aryl methyl sites for hydroxylation is 1. The molecule has 31 heavy (non-hydrogen) atoms. The lowest BCUT2D eigenvalue weighted by Crippen LogP contribution is -2.37. The Hall–Kier alpha value is -1.71. The molecule has 0 amide bonds. The molecule has 0 aliphatic carbocycles. The minimum Gasteiger partial charge on any atom is -0.200 e. The Morgan fingerprint density at radius 3 is 1.68 bits per heavy atom. The summed E-state index contributed by atoms with van der Waals surface area (Å²) in [5, 5.41) is 9.63. The van der Waals surface area contributed by atoms with Crippen molar-refractivity contribution in [2.45, 2.75) is 30.1 Å². The molecule has 0 N–H and O–H groups in total. The third kappa shape index (κ3) is 4.45. The fraction of sp³-hybridized carbons (Fsp3) is 0.150. The van der Waals surface area contributed by atoms with Crippen LogP contribution in [0.2, 0.25) is 0 Å². The molecule has 0 aliphatic heterocycles. The van der Waals surface area contributed by atoms with E-state index in [0.717, 1.165) is 11.3 Å². The Morgan fingerprint density at radius 1 is 0.903 bits per heavy atom. The van der Waals surface area contributed by atoms with Crippen LogP contribution < -0.4 is 3.71 Å². The predicted molar refractivity (Wildman–Crippen MR) is 128 cm³/mol. The maximum absolute atomic E-state index is 13.6. The molecule has 2 aromatic carbocycles. The van der Waals surface area contributed by atoms with Crippen molar-refractivity contribution in [3.8, 4) is 6.07 Å². The molecule has 162 valence electrons. The van der Waals surface area contributed by atoms with E-state index in [4.69, 9.17) is 0 Å². The van der Waals surface area contributed by atoms with Gasteiger partial charge in [-0.2, -0.15) is 22.1 Å². The predicted octanol–water partition coefficient (Wildman–Crippen LogP) is 5.60. The summed E-state index contributed by atoms with van der Waals surface area (Å²) in [4.78, 5) is 0.282. The van der Waals surface area contributed by atoms with Crippen molar-refractivity contribution in [3.05, 3.63) is 73.5 Å². The van der Waals surface area contributed by atoms with Crippen LogP contribution in [0.25, 0.3) is 0 Å². The summed E-state index contributed by atoms with van der Waals surface area (Å²) >= 11 is 7.47. The van der Waals surface area contributed by atoms with E-state index in [0.29, 0.717) is 29.5 Å². The second-order valence-corrected chi connectivity index (χ2v) is 13.2. The van der Waals surface area contributed by atoms with E-state index < -0.39 is 20.0 Å². The van der Waals surface area contributed by atoms with Crippen molar-refractivity contribution in [3.63, 3.8) is 0 Å². The molecule has 0 atom stereocenters. The lowest BCUT2D eigenvalue weighted by atomic mass is 10.1. The molecule has 6 nitrogen and oxygen atoms in total. The second-order valence-electron chi connectivity index (χ2n) is 6.40. The van der Waals surface area contributed by atoms with E-state index in [1.54, 1.807) is 6.92 Å². The summed E-state index contributed by atoms with van der Waals surface area (Å²) in [7, 11) is -9.12. The summed E-state index contributed by atoms with van der Waals surface area (Å²) in [6.45, 7) is 3.57. The SMILES string of the molecule is CCc1c(C)sc(N(S(=O)(=O)c2ccc(Br)cc2)S(=O)(=O)c2ccc(Br)cc2)c1C#N. The normalized spacial score (nSPS) is 11.8. The monoisotopic (exact) mass is 602 g/mol. The average Bonchev–Trinajstić information content (AvgIpc) is 3.02. The van der Waals surface area contributed by atoms with E-state index in [1.807, 2.05) is 13.0 Å². The number of anilines is 1. The molecule has 0 radical (unpaired) electrons. The number of nitrogens with zero attached hydrogens (tertiary/aromatic N) is 2. The number of halogens is 2. The lowest BCUT2D eigenvalue weighted by molar-refractivity contribution is 0.584. The number of thiophene rings is 1. The van der Waals surface area contributed by atoms with Crippen molar-refractivity contribution >= 4 is 68.2 Å². The van der Waals surface area contributed by atoms with Crippen molar-refractivity contribution in [2.75, 3.05) is 3.71 Å². The molecule has 0 unspecified atom stereocenters. The number of nitriles is 1. The molecule has 1 aromatic heterocycles. The molecule has 0 spiro atoms. The standard InChI is InChI=1S/C20H16Br2N2O4S3/c1-3-18-13(2)29-20(19(18)12-23)24(30(25,26)16-8-4-14(21)5-9-16)31(27,28)17-10-6-15(22)7-11-17/h4-11H,3H2,1-2H3. The maximum Gasteiger partial charge on any atom is 0.278 e. The maximum atomic E-state index is 13.6. The molecule has 0 aliphatic rings. The van der Waals surface area contributed by atoms with Gasteiger partial charge in [0.1, 0.15) is 11.1 Å². The van der Waals surface area contributed by atoms with E-state index in [2.05, 4.69) is 31.9 Å². The Labute approximate surface area is 202 Å². The van der Waals surface area contributed by atoms with Crippen molar-refractivity contribution in [2.24, 2.45) is 0 Å². The van der Waals surface area contributed by atoms with E-state index in [-0.39, 0.29) is 20.4 Å². The van der Waals surface area contributed by atoms with Crippen LogP contribution in [-0.2, 0) is 26.5 Å². The molecule has 0 fully saturated rings. The van der Waals surface area contributed by atoms with Crippen LogP contribution in [0, 0.1) is 18.3 Å². The topological polar surface area (TPSA) is 95.3 Å². The summed E-state index contributed by atoms with van der Waals surface area (Å²) < 4.78 is 56.2. The van der Waals surface area contributed by atoms with Gasteiger partial charge >= 0.3 is 0 Å². The van der Waals surface area contributed by atoms with Gasteiger partial charge in [-0.15, -0.1) is 15.0 Å². The largest absolute Gasteiger partial charge is 0.278 e. The zero-order valence-electron chi connectivity index (χ0n) is 16.3. The number of benzene rings is 2. The van der Waals surface area contributed by atoms with Gasteiger partial charge in [0.25, 0.3) is 20.0 Å². The summed E-state index contributed by atoms with van der Waals surface area (Å²) in [5.41, 5.74) is 0.677. The Balaban J connectivity index is 2.37. The zero-order chi connectivity index (χ0) is 23.0. The van der Waals surface area contributed by atoms with Gasteiger partial charge in [0.2, 0.25) is 0 Å². The highest BCUT2D eigenvalue weighted by Gasteiger charge is 2.40. The van der Waals surface area contributed by atoms with Gasteiger partial charge < -0.3 is 0 Å². The molecule has 0 saturated heterocycles. The van der Waals surface area contributed by atoms with Gasteiger partial charge in [-0.3, -0.25) is 0 Å². The number of hydrogen-bond acceptors (Lipinski definition) is 6. The van der Waals surface area contributed by atoms with Gasteiger partial charge in [0.05, 0.1) is 15.4 Å². The molecule has 1 heterocycles. The average molecular weight is 604 g/mol. The van der Waals surface area contributed by atoms with Crippen molar-refractivity contribution < 1.29 is 16.8 Å². The lowest BCUT2D eigenvalue weighted by Gasteiger charge is -2.23. The van der Waals surface area contributed by atoms with Crippen LogP contribution in [0.3, 0.4) is 0 Å². The first-order valence-corrected chi connectivity index (χ1v) is 14.2. The highest BCUT2D eigenvalue weighted by Crippen LogP contribution is 2.41. The molecular formula is C20H16Br2N2O4S3. The van der Waals surface area contributed by atoms with Gasteiger partial charge in [-0.05, 0) is 67.4 Å². The summed E-state index contributed by atoms with van der Waals surface area (Å²) in [6.07, 6.45) is 0.468.